The molecule has 1 aliphatic carbocycles. The van der Waals surface area contributed by atoms with E-state index >= 15 is 0 Å². The maximum atomic E-state index is 12.9. The summed E-state index contributed by atoms with van der Waals surface area (Å²) in [6.45, 7) is 7.06. The Morgan fingerprint density at radius 1 is 1.05 bits per heavy atom. The fraction of sp³-hybridized carbons (Fsp3) is 0.538. The molecule has 202 valence electrons. The largest absolute Gasteiger partial charge is 0.444 e. The van der Waals surface area contributed by atoms with Crippen molar-refractivity contribution in [2.24, 2.45) is 0 Å². The number of carbonyl (C=O) groups excluding carboxylic acids is 3. The first kappa shape index (κ1) is 28.4. The second-order valence-electron chi connectivity index (χ2n) is 10.5. The van der Waals surface area contributed by atoms with Crippen molar-refractivity contribution in [3.63, 3.8) is 0 Å². The summed E-state index contributed by atoms with van der Waals surface area (Å²) in [5.74, 6) is -0.402. The van der Waals surface area contributed by atoms with Crippen LogP contribution in [0, 0.1) is 0 Å². The Morgan fingerprint density at radius 3 is 2.32 bits per heavy atom. The topological polar surface area (TPSA) is 116 Å². The molecule has 0 radical (unpaired) electrons. The molecular weight excluding hydrogens is 492 g/mol. The summed E-state index contributed by atoms with van der Waals surface area (Å²) in [5, 5.41) is 12.0. The molecule has 37 heavy (non-hydrogen) atoms. The molecular formula is C26H38N6O4S. The number of carbonyl (C=O) groups is 3. The third-order valence-electron chi connectivity index (χ3n) is 5.76. The fourth-order valence-electron chi connectivity index (χ4n) is 3.87. The lowest BCUT2D eigenvalue weighted by Crippen LogP contribution is -2.45. The van der Waals surface area contributed by atoms with E-state index in [1.807, 2.05) is 19.0 Å². The number of thiophene rings is 1. The Balaban J connectivity index is 1.60. The summed E-state index contributed by atoms with van der Waals surface area (Å²) >= 11 is 1.34. The van der Waals surface area contributed by atoms with E-state index in [0.717, 1.165) is 37.8 Å². The zero-order valence-electron chi connectivity index (χ0n) is 22.3. The van der Waals surface area contributed by atoms with Crippen LogP contribution in [0.15, 0.2) is 29.1 Å². The Bertz CT molecular complexity index is 1060. The Kier molecular flexibility index (Phi) is 9.87. The van der Waals surface area contributed by atoms with Crippen molar-refractivity contribution in [2.75, 3.05) is 37.8 Å². The minimum atomic E-state index is -0.631. The van der Waals surface area contributed by atoms with Crippen LogP contribution in [-0.2, 0) is 11.3 Å². The molecule has 11 heteroatoms. The van der Waals surface area contributed by atoms with Crippen molar-refractivity contribution in [2.45, 2.75) is 64.6 Å². The van der Waals surface area contributed by atoms with E-state index in [2.05, 4.69) is 20.9 Å². The van der Waals surface area contributed by atoms with Crippen LogP contribution in [-0.4, -0.2) is 71.6 Å². The SMILES string of the molecule is CN(C)CCN(Cc1ccc(C(=O)Nc2cscc2NC(=O)OC(C)(C)C)nc1)C(=O)NC1CCCC1. The van der Waals surface area contributed by atoms with Gasteiger partial charge < -0.3 is 25.2 Å². The number of amides is 4. The monoisotopic (exact) mass is 530 g/mol. The fourth-order valence-corrected chi connectivity index (χ4v) is 4.58. The van der Waals surface area contributed by atoms with Crippen LogP contribution >= 0.6 is 11.3 Å². The number of hydrogen-bond donors (Lipinski definition) is 3. The van der Waals surface area contributed by atoms with Crippen LogP contribution in [0.3, 0.4) is 0 Å². The maximum absolute atomic E-state index is 12.9. The van der Waals surface area contributed by atoms with Gasteiger partial charge in [0.25, 0.3) is 5.91 Å². The summed E-state index contributed by atoms with van der Waals surface area (Å²) < 4.78 is 5.28. The highest BCUT2D eigenvalue weighted by Gasteiger charge is 2.22. The third kappa shape index (κ3) is 9.32. The van der Waals surface area contributed by atoms with Crippen LogP contribution in [0.2, 0.25) is 0 Å². The normalized spacial score (nSPS) is 13.9. The zero-order valence-corrected chi connectivity index (χ0v) is 23.1. The molecule has 10 nitrogen and oxygen atoms in total. The number of nitrogens with one attached hydrogen (secondary N) is 3. The van der Waals surface area contributed by atoms with Gasteiger partial charge in [0.15, 0.2) is 0 Å². The standard InChI is InChI=1S/C26H38N6O4S/c1-26(2,3)36-25(35)30-22-17-37-16-21(22)29-23(33)20-11-10-18(14-27-20)15-32(13-12-31(4)5)24(34)28-19-8-6-7-9-19/h10-11,14,16-17,19H,6-9,12-13,15H2,1-5H3,(H,28,34)(H,29,33)(H,30,35). The zero-order chi connectivity index (χ0) is 27.0. The van der Waals surface area contributed by atoms with E-state index in [4.69, 9.17) is 4.74 Å². The van der Waals surface area contributed by atoms with Crippen LogP contribution in [0.5, 0.6) is 0 Å². The molecule has 2 aromatic rings. The second kappa shape index (κ2) is 12.9. The van der Waals surface area contributed by atoms with E-state index in [9.17, 15) is 14.4 Å². The van der Waals surface area contributed by atoms with Crippen LogP contribution < -0.4 is 16.0 Å². The van der Waals surface area contributed by atoms with Crippen molar-refractivity contribution in [3.05, 3.63) is 40.3 Å². The summed E-state index contributed by atoms with van der Waals surface area (Å²) in [5.41, 5.74) is 1.35. The minimum absolute atomic E-state index is 0.0713. The van der Waals surface area contributed by atoms with Gasteiger partial charge in [-0.05, 0) is 59.3 Å². The minimum Gasteiger partial charge on any atom is -0.444 e. The number of anilines is 2. The highest BCUT2D eigenvalue weighted by molar-refractivity contribution is 7.09. The van der Waals surface area contributed by atoms with Gasteiger partial charge >= 0.3 is 12.1 Å². The molecule has 0 spiro atoms. The molecule has 0 bridgehead atoms. The molecule has 3 N–H and O–H groups in total. The van der Waals surface area contributed by atoms with Gasteiger partial charge in [0.2, 0.25) is 0 Å². The third-order valence-corrected chi connectivity index (χ3v) is 6.51. The van der Waals surface area contributed by atoms with Gasteiger partial charge in [0.1, 0.15) is 11.3 Å². The van der Waals surface area contributed by atoms with Gasteiger partial charge in [-0.15, -0.1) is 11.3 Å². The van der Waals surface area contributed by atoms with Gasteiger partial charge in [0.05, 0.1) is 11.4 Å². The van der Waals surface area contributed by atoms with Gasteiger partial charge in [-0.3, -0.25) is 15.1 Å². The molecule has 0 aromatic carbocycles. The number of likely N-dealkylation sites (N-methyl/N-ethyl adjacent to an activating group) is 1. The summed E-state index contributed by atoms with van der Waals surface area (Å²) in [6.07, 6.45) is 5.38. The molecule has 0 saturated heterocycles. The molecule has 0 aliphatic heterocycles. The quantitative estimate of drug-likeness (QED) is 0.431. The Labute approximate surface area is 222 Å². The molecule has 1 fully saturated rings. The summed E-state index contributed by atoms with van der Waals surface area (Å²) in [4.78, 5) is 46.0. The number of hydrogen-bond acceptors (Lipinski definition) is 7. The van der Waals surface area contributed by atoms with Crippen LogP contribution in [0.1, 0.15) is 62.5 Å². The number of ether oxygens (including phenoxy) is 1. The van der Waals surface area contributed by atoms with E-state index in [0.29, 0.717) is 24.5 Å². The molecule has 3 rings (SSSR count). The second-order valence-corrected chi connectivity index (χ2v) is 11.2. The first-order chi connectivity index (χ1) is 17.5. The first-order valence-electron chi connectivity index (χ1n) is 12.5. The van der Waals surface area contributed by atoms with Gasteiger partial charge in [-0.25, -0.2) is 9.59 Å². The number of rotatable bonds is 9. The highest BCUT2D eigenvalue weighted by Crippen LogP contribution is 2.27. The summed E-state index contributed by atoms with van der Waals surface area (Å²) in [6, 6.07) is 3.61. The van der Waals surface area contributed by atoms with Crippen molar-refractivity contribution >= 4 is 40.7 Å². The number of pyridine rings is 1. The van der Waals surface area contributed by atoms with Gasteiger partial charge in [0, 0.05) is 42.6 Å². The first-order valence-corrected chi connectivity index (χ1v) is 13.5. The maximum Gasteiger partial charge on any atom is 0.412 e. The number of aromatic nitrogens is 1. The average molecular weight is 531 g/mol. The Morgan fingerprint density at radius 2 is 1.73 bits per heavy atom. The molecule has 4 amide bonds. The van der Waals surface area contributed by atoms with Gasteiger partial charge in [-0.2, -0.15) is 0 Å². The molecule has 0 unspecified atom stereocenters. The lowest BCUT2D eigenvalue weighted by molar-refractivity contribution is 0.0635. The molecule has 2 aromatic heterocycles. The van der Waals surface area contributed by atoms with Crippen LogP contribution in [0.4, 0.5) is 21.0 Å². The van der Waals surface area contributed by atoms with Gasteiger partial charge in [-0.1, -0.05) is 18.9 Å². The van der Waals surface area contributed by atoms with Crippen molar-refractivity contribution in [1.82, 2.24) is 20.1 Å². The number of nitrogens with zero attached hydrogens (tertiary/aromatic N) is 3. The van der Waals surface area contributed by atoms with E-state index < -0.39 is 17.6 Å². The lowest BCUT2D eigenvalue weighted by Gasteiger charge is -2.26. The lowest BCUT2D eigenvalue weighted by atomic mass is 10.2. The predicted octanol–water partition coefficient (Wildman–Crippen LogP) is 4.76. The average Bonchev–Trinajstić information content (AvgIpc) is 3.47. The number of urea groups is 1. The van der Waals surface area contributed by atoms with Crippen molar-refractivity contribution in [1.29, 1.82) is 0 Å². The predicted molar refractivity (Wildman–Crippen MR) is 146 cm³/mol. The molecule has 0 atom stereocenters. The summed E-state index contributed by atoms with van der Waals surface area (Å²) in [7, 11) is 3.95. The van der Waals surface area contributed by atoms with Crippen molar-refractivity contribution in [3.8, 4) is 0 Å². The van der Waals surface area contributed by atoms with E-state index in [1.165, 1.54) is 11.3 Å². The van der Waals surface area contributed by atoms with E-state index in [-0.39, 0.29) is 17.8 Å². The Hall–Kier alpha value is -3.18. The smallest absolute Gasteiger partial charge is 0.412 e. The van der Waals surface area contributed by atoms with E-state index in [1.54, 1.807) is 54.8 Å². The molecule has 1 saturated carbocycles. The van der Waals surface area contributed by atoms with Crippen LogP contribution in [0.25, 0.3) is 0 Å². The van der Waals surface area contributed by atoms with Crippen molar-refractivity contribution < 1.29 is 19.1 Å². The molecule has 1 aliphatic rings. The highest BCUT2D eigenvalue weighted by atomic mass is 32.1. The molecule has 2 heterocycles.